The summed E-state index contributed by atoms with van der Waals surface area (Å²) < 4.78 is 26.6. The molecular formula is C20H22ClN3O2S. The number of aromatic nitrogens is 1. The van der Waals surface area contributed by atoms with Gasteiger partial charge in [-0.25, -0.2) is 13.1 Å². The predicted octanol–water partition coefficient (Wildman–Crippen LogP) is 4.33. The van der Waals surface area contributed by atoms with Crippen LogP contribution in [0.25, 0.3) is 10.9 Å². The second-order valence-electron chi connectivity index (χ2n) is 6.72. The summed E-state index contributed by atoms with van der Waals surface area (Å²) in [5.41, 5.74) is 3.64. The number of pyridine rings is 1. The molecule has 0 bridgehead atoms. The van der Waals surface area contributed by atoms with E-state index in [0.717, 1.165) is 27.7 Å². The molecule has 0 unspecified atom stereocenters. The van der Waals surface area contributed by atoms with Crippen molar-refractivity contribution in [1.82, 2.24) is 9.71 Å². The molecule has 0 aliphatic carbocycles. The molecule has 0 aliphatic rings. The largest absolute Gasteiger partial charge is 0.380 e. The van der Waals surface area contributed by atoms with E-state index >= 15 is 0 Å². The summed E-state index contributed by atoms with van der Waals surface area (Å²) in [5, 5.41) is 5.06. The third-order valence-electron chi connectivity index (χ3n) is 3.98. The predicted molar refractivity (Wildman–Crippen MR) is 111 cm³/mol. The van der Waals surface area contributed by atoms with Gasteiger partial charge in [0.1, 0.15) is 0 Å². The first-order valence-corrected chi connectivity index (χ1v) is 10.7. The summed E-state index contributed by atoms with van der Waals surface area (Å²) in [5.74, 6) is -0.0192. The van der Waals surface area contributed by atoms with Gasteiger partial charge in [-0.15, -0.1) is 0 Å². The Bertz CT molecular complexity index is 1030. The molecule has 7 heteroatoms. The van der Waals surface area contributed by atoms with E-state index in [2.05, 4.69) is 15.0 Å². The van der Waals surface area contributed by atoms with Crippen molar-refractivity contribution >= 4 is 38.2 Å². The van der Waals surface area contributed by atoms with Crippen molar-refractivity contribution in [2.75, 3.05) is 5.32 Å². The third-order valence-corrected chi connectivity index (χ3v) is 5.76. The molecule has 3 aromatic rings. The van der Waals surface area contributed by atoms with Gasteiger partial charge < -0.3 is 5.32 Å². The van der Waals surface area contributed by atoms with Crippen molar-refractivity contribution in [3.05, 3.63) is 70.9 Å². The summed E-state index contributed by atoms with van der Waals surface area (Å²) in [6.07, 6.45) is 1.75. The highest BCUT2D eigenvalue weighted by molar-refractivity contribution is 7.88. The number of hydrogen-bond donors (Lipinski definition) is 2. The number of hydrogen-bond acceptors (Lipinski definition) is 4. The number of fused-ring (bicyclic) bond motifs is 1. The summed E-state index contributed by atoms with van der Waals surface area (Å²) in [7, 11) is -3.31. The lowest BCUT2D eigenvalue weighted by atomic mass is 10.1. The minimum atomic E-state index is -3.31. The van der Waals surface area contributed by atoms with Crippen LogP contribution in [0.5, 0.6) is 0 Å². The number of halogens is 1. The minimum absolute atomic E-state index is 0.0192. The molecule has 0 saturated heterocycles. The molecule has 0 amide bonds. The third kappa shape index (κ3) is 5.42. The van der Waals surface area contributed by atoms with Crippen molar-refractivity contribution in [2.45, 2.75) is 32.2 Å². The Morgan fingerprint density at radius 1 is 1.04 bits per heavy atom. The van der Waals surface area contributed by atoms with Gasteiger partial charge in [0.2, 0.25) is 10.0 Å². The van der Waals surface area contributed by atoms with E-state index in [9.17, 15) is 8.42 Å². The van der Waals surface area contributed by atoms with Crippen LogP contribution < -0.4 is 10.0 Å². The van der Waals surface area contributed by atoms with Crippen LogP contribution in [-0.2, 0) is 22.3 Å². The fourth-order valence-corrected chi connectivity index (χ4v) is 4.45. The molecule has 0 aliphatic heterocycles. The van der Waals surface area contributed by atoms with Crippen LogP contribution in [0.2, 0.25) is 5.02 Å². The first-order valence-electron chi connectivity index (χ1n) is 8.68. The van der Waals surface area contributed by atoms with E-state index < -0.39 is 10.0 Å². The van der Waals surface area contributed by atoms with Gasteiger partial charge in [0, 0.05) is 34.9 Å². The second kappa shape index (κ2) is 8.25. The summed E-state index contributed by atoms with van der Waals surface area (Å²) in [6, 6.07) is 15.0. The highest BCUT2D eigenvalue weighted by atomic mass is 35.5. The van der Waals surface area contributed by atoms with Gasteiger partial charge in [0.15, 0.2) is 0 Å². The smallest absolute Gasteiger partial charge is 0.216 e. The van der Waals surface area contributed by atoms with Gasteiger partial charge >= 0.3 is 0 Å². The first-order chi connectivity index (χ1) is 12.8. The lowest BCUT2D eigenvalue weighted by Gasteiger charge is -2.11. The molecule has 0 fully saturated rings. The normalized spacial score (nSPS) is 11.9. The number of rotatable bonds is 7. The summed E-state index contributed by atoms with van der Waals surface area (Å²) >= 11 is 6.02. The fourth-order valence-electron chi connectivity index (χ4n) is 2.85. The van der Waals surface area contributed by atoms with Crippen LogP contribution in [0.3, 0.4) is 0 Å². The van der Waals surface area contributed by atoms with E-state index in [1.165, 1.54) is 0 Å². The molecule has 142 valence electrons. The number of nitrogens with zero attached hydrogens (tertiary/aromatic N) is 1. The molecule has 2 N–H and O–H groups in total. The van der Waals surface area contributed by atoms with Crippen molar-refractivity contribution in [3.8, 4) is 0 Å². The molecule has 0 spiro atoms. The number of sulfonamides is 1. The Kier molecular flexibility index (Phi) is 5.99. The van der Waals surface area contributed by atoms with E-state index in [1.807, 2.05) is 62.4 Å². The quantitative estimate of drug-likeness (QED) is 0.616. The van der Waals surface area contributed by atoms with Crippen LogP contribution in [0.4, 0.5) is 5.69 Å². The molecule has 0 atom stereocenters. The molecule has 3 rings (SSSR count). The van der Waals surface area contributed by atoms with E-state index in [1.54, 1.807) is 6.20 Å². The second-order valence-corrected chi connectivity index (χ2v) is 8.91. The lowest BCUT2D eigenvalue weighted by Crippen LogP contribution is -2.31. The van der Waals surface area contributed by atoms with Crippen LogP contribution in [0, 0.1) is 0 Å². The van der Waals surface area contributed by atoms with Gasteiger partial charge in [-0.2, -0.15) is 0 Å². The standard InChI is InChI=1S/C20H22ClN3O2S/c1-14(2)24-27(25,26)13-16-5-3-15(4-6-16)12-23-19-9-10-22-20-11-17(21)7-8-18(19)20/h3-11,14,24H,12-13H2,1-2H3,(H,22,23). The first kappa shape index (κ1) is 19.6. The zero-order valence-electron chi connectivity index (χ0n) is 15.2. The zero-order chi connectivity index (χ0) is 19.4. The number of benzene rings is 2. The average Bonchev–Trinajstić information content (AvgIpc) is 2.59. The van der Waals surface area contributed by atoms with Crippen LogP contribution in [-0.4, -0.2) is 19.4 Å². The van der Waals surface area contributed by atoms with E-state index in [0.29, 0.717) is 11.6 Å². The molecule has 27 heavy (non-hydrogen) atoms. The summed E-state index contributed by atoms with van der Waals surface area (Å²) in [6.45, 7) is 4.24. The molecule has 0 radical (unpaired) electrons. The van der Waals surface area contributed by atoms with Gasteiger partial charge in [0.25, 0.3) is 0 Å². The van der Waals surface area contributed by atoms with Crippen LogP contribution in [0.15, 0.2) is 54.7 Å². The fraction of sp³-hybridized carbons (Fsp3) is 0.250. The average molecular weight is 404 g/mol. The maximum atomic E-state index is 12.0. The maximum absolute atomic E-state index is 12.0. The molecular weight excluding hydrogens is 382 g/mol. The van der Waals surface area contributed by atoms with Gasteiger partial charge in [0.05, 0.1) is 11.3 Å². The van der Waals surface area contributed by atoms with Crippen molar-refractivity contribution in [2.24, 2.45) is 0 Å². The Labute approximate surface area is 164 Å². The highest BCUT2D eigenvalue weighted by Crippen LogP contribution is 2.24. The number of anilines is 1. The van der Waals surface area contributed by atoms with Gasteiger partial charge in [-0.3, -0.25) is 4.98 Å². The Balaban J connectivity index is 1.67. The van der Waals surface area contributed by atoms with Crippen molar-refractivity contribution in [3.63, 3.8) is 0 Å². The van der Waals surface area contributed by atoms with Crippen LogP contribution >= 0.6 is 11.6 Å². The SMILES string of the molecule is CC(C)NS(=O)(=O)Cc1ccc(CNc2ccnc3cc(Cl)ccc23)cc1. The monoisotopic (exact) mass is 403 g/mol. The Hall–Kier alpha value is -2.15. The maximum Gasteiger partial charge on any atom is 0.216 e. The topological polar surface area (TPSA) is 71.1 Å². The Morgan fingerprint density at radius 2 is 1.74 bits per heavy atom. The van der Waals surface area contributed by atoms with Crippen molar-refractivity contribution < 1.29 is 8.42 Å². The van der Waals surface area contributed by atoms with E-state index in [4.69, 9.17) is 11.6 Å². The molecule has 1 aromatic heterocycles. The molecule has 5 nitrogen and oxygen atoms in total. The number of nitrogens with one attached hydrogen (secondary N) is 2. The molecule has 1 heterocycles. The minimum Gasteiger partial charge on any atom is -0.380 e. The van der Waals surface area contributed by atoms with Gasteiger partial charge in [-0.1, -0.05) is 35.9 Å². The highest BCUT2D eigenvalue weighted by Gasteiger charge is 2.12. The lowest BCUT2D eigenvalue weighted by molar-refractivity contribution is 0.569. The van der Waals surface area contributed by atoms with Crippen LogP contribution in [0.1, 0.15) is 25.0 Å². The van der Waals surface area contributed by atoms with Crippen molar-refractivity contribution in [1.29, 1.82) is 0 Å². The summed E-state index contributed by atoms with van der Waals surface area (Å²) in [4.78, 5) is 4.34. The van der Waals surface area contributed by atoms with E-state index in [-0.39, 0.29) is 11.8 Å². The Morgan fingerprint density at radius 3 is 2.44 bits per heavy atom. The zero-order valence-corrected chi connectivity index (χ0v) is 16.8. The van der Waals surface area contributed by atoms with Gasteiger partial charge in [-0.05, 0) is 49.2 Å². The molecule has 0 saturated carbocycles. The molecule has 2 aromatic carbocycles.